The summed E-state index contributed by atoms with van der Waals surface area (Å²) in [7, 11) is 0. The van der Waals surface area contributed by atoms with Crippen molar-refractivity contribution < 1.29 is 19.5 Å². The highest BCUT2D eigenvalue weighted by Gasteiger charge is 2.18. The normalized spacial score (nSPS) is 12.9. The molecule has 1 unspecified atom stereocenters. The average molecular weight is 576 g/mol. The molecule has 0 spiro atoms. The highest BCUT2D eigenvalue weighted by molar-refractivity contribution is 5.84. The number of unbranched alkanes of at least 4 members (excludes halogenated alkanes) is 2. The number of aromatic nitrogens is 1. The molecule has 7 nitrogen and oxygen atoms in total. The number of carboxylic acid groups (broad SMARTS) is 1. The fraction of sp³-hybridized carbons (Fsp3) is 0.429. The van der Waals surface area contributed by atoms with Crippen molar-refractivity contribution in [3.63, 3.8) is 0 Å². The molecule has 0 aromatic carbocycles. The Morgan fingerprint density at radius 1 is 0.833 bits per heavy atom. The Morgan fingerprint density at radius 3 is 2.07 bits per heavy atom. The molecule has 1 aromatic heterocycles. The van der Waals surface area contributed by atoms with Crippen LogP contribution in [0, 0.1) is 0 Å². The monoisotopic (exact) mass is 575 g/mol. The van der Waals surface area contributed by atoms with E-state index in [-0.39, 0.29) is 18.2 Å². The fourth-order valence-corrected chi connectivity index (χ4v) is 3.83. The van der Waals surface area contributed by atoms with Crippen LogP contribution < -0.4 is 10.6 Å². The zero-order chi connectivity index (χ0) is 30.5. The van der Waals surface area contributed by atoms with Crippen molar-refractivity contribution in [2.75, 3.05) is 6.54 Å². The third-order valence-electron chi connectivity index (χ3n) is 6.11. The van der Waals surface area contributed by atoms with Gasteiger partial charge < -0.3 is 15.7 Å². The molecule has 0 fully saturated rings. The van der Waals surface area contributed by atoms with Gasteiger partial charge in [0, 0.05) is 31.8 Å². The van der Waals surface area contributed by atoms with Crippen molar-refractivity contribution in [1.29, 1.82) is 0 Å². The largest absolute Gasteiger partial charge is 0.480 e. The van der Waals surface area contributed by atoms with Gasteiger partial charge in [0.05, 0.1) is 0 Å². The van der Waals surface area contributed by atoms with E-state index in [1.165, 1.54) is 0 Å². The van der Waals surface area contributed by atoms with Crippen molar-refractivity contribution in [3.05, 3.63) is 96.9 Å². The van der Waals surface area contributed by atoms with Crippen LogP contribution in [0.25, 0.3) is 6.08 Å². The number of nitrogens with one attached hydrogen (secondary N) is 2. The number of pyridine rings is 1. The highest BCUT2D eigenvalue weighted by atomic mass is 16.4. The molecule has 3 N–H and O–H groups in total. The lowest BCUT2D eigenvalue weighted by Gasteiger charge is -2.14. The lowest BCUT2D eigenvalue weighted by Crippen LogP contribution is -2.40. The van der Waals surface area contributed by atoms with Gasteiger partial charge in [-0.25, -0.2) is 4.79 Å². The molecule has 228 valence electrons. The molecule has 1 heterocycles. The molecular formula is C35H49N3O4. The quantitative estimate of drug-likeness (QED) is 0.0940. The smallest absolute Gasteiger partial charge is 0.326 e. The molecule has 1 aromatic rings. The van der Waals surface area contributed by atoms with E-state index < -0.39 is 12.0 Å². The van der Waals surface area contributed by atoms with E-state index in [0.29, 0.717) is 32.2 Å². The number of carboxylic acids is 1. The van der Waals surface area contributed by atoms with Crippen molar-refractivity contribution in [2.45, 2.75) is 90.0 Å². The van der Waals surface area contributed by atoms with Crippen molar-refractivity contribution in [1.82, 2.24) is 15.6 Å². The number of aliphatic carboxylic acids is 1. The molecule has 1 atom stereocenters. The van der Waals surface area contributed by atoms with Crippen molar-refractivity contribution in [2.24, 2.45) is 0 Å². The Bertz CT molecular complexity index is 1060. The van der Waals surface area contributed by atoms with Crippen LogP contribution >= 0.6 is 0 Å². The zero-order valence-electron chi connectivity index (χ0n) is 25.1. The van der Waals surface area contributed by atoms with Crippen LogP contribution in [-0.4, -0.2) is 40.5 Å². The number of carbonyl (C=O) groups is 3. The maximum absolute atomic E-state index is 12.1. The molecule has 1 rings (SSSR count). The first kappa shape index (κ1) is 36.0. The lowest BCUT2D eigenvalue weighted by atomic mass is 10.1. The van der Waals surface area contributed by atoms with Crippen LogP contribution in [0.4, 0.5) is 0 Å². The van der Waals surface area contributed by atoms with Crippen LogP contribution in [-0.2, 0) is 14.4 Å². The summed E-state index contributed by atoms with van der Waals surface area (Å²) in [5.41, 5.74) is 0.872. The van der Waals surface area contributed by atoms with Gasteiger partial charge in [0.15, 0.2) is 0 Å². The highest BCUT2D eigenvalue weighted by Crippen LogP contribution is 2.04. The topological polar surface area (TPSA) is 108 Å². The van der Waals surface area contributed by atoms with Gasteiger partial charge in [-0.2, -0.15) is 0 Å². The third kappa shape index (κ3) is 21.8. The predicted molar refractivity (Wildman–Crippen MR) is 173 cm³/mol. The summed E-state index contributed by atoms with van der Waals surface area (Å²) >= 11 is 0. The summed E-state index contributed by atoms with van der Waals surface area (Å²) in [4.78, 5) is 39.7. The van der Waals surface area contributed by atoms with Gasteiger partial charge in [-0.05, 0) is 75.8 Å². The molecular weight excluding hydrogens is 526 g/mol. The van der Waals surface area contributed by atoms with E-state index in [4.69, 9.17) is 0 Å². The number of carbonyl (C=O) groups excluding carboxylic acids is 2. The van der Waals surface area contributed by atoms with E-state index in [0.717, 1.165) is 50.5 Å². The Balaban J connectivity index is 2.05. The standard InChI is InChI=1S/C35H49N3O4/c1-2-3-4-5-6-7-8-9-10-11-12-13-14-15-16-17-18-26-33(39)37-29-20-19-25-32(35(41)42)38-34(40)27-21-23-31-24-22-28-36-30-31/h3-4,6-7,9-10,12-13,15-16,21-24,28,30,32H,2,5,8,11,14,17-20,25-27,29H2,1H3,(H,37,39)(H,38,40)(H,41,42). The van der Waals surface area contributed by atoms with Gasteiger partial charge >= 0.3 is 5.97 Å². The summed E-state index contributed by atoms with van der Waals surface area (Å²) < 4.78 is 0. The molecule has 42 heavy (non-hydrogen) atoms. The van der Waals surface area contributed by atoms with Crippen LogP contribution in [0.15, 0.2) is 91.4 Å². The Hall–Kier alpha value is -4.00. The average Bonchev–Trinajstić information content (AvgIpc) is 2.98. The Morgan fingerprint density at radius 2 is 1.48 bits per heavy atom. The van der Waals surface area contributed by atoms with E-state index in [2.05, 4.69) is 83.3 Å². The second kappa shape index (κ2) is 25.9. The molecule has 0 saturated heterocycles. The van der Waals surface area contributed by atoms with E-state index in [9.17, 15) is 19.5 Å². The van der Waals surface area contributed by atoms with E-state index >= 15 is 0 Å². The molecule has 0 bridgehead atoms. The number of hydrogen-bond acceptors (Lipinski definition) is 4. The van der Waals surface area contributed by atoms with Gasteiger partial charge in [0.25, 0.3) is 0 Å². The molecule has 2 amide bonds. The van der Waals surface area contributed by atoms with Gasteiger partial charge in [0.2, 0.25) is 11.8 Å². The summed E-state index contributed by atoms with van der Waals surface area (Å²) in [6, 6.07) is 2.73. The second-order valence-corrected chi connectivity index (χ2v) is 9.80. The molecule has 0 radical (unpaired) electrons. The number of amides is 2. The number of allylic oxidation sites excluding steroid dienone is 10. The Labute approximate surface area is 252 Å². The van der Waals surface area contributed by atoms with E-state index in [1.54, 1.807) is 30.6 Å². The second-order valence-electron chi connectivity index (χ2n) is 9.80. The lowest BCUT2D eigenvalue weighted by molar-refractivity contribution is -0.142. The van der Waals surface area contributed by atoms with Gasteiger partial charge in [-0.3, -0.25) is 14.6 Å². The van der Waals surface area contributed by atoms with Gasteiger partial charge in [-0.15, -0.1) is 0 Å². The molecule has 0 aliphatic rings. The summed E-state index contributed by atoms with van der Waals surface area (Å²) in [6.07, 6.45) is 37.1. The van der Waals surface area contributed by atoms with Crippen LogP contribution in [0.3, 0.4) is 0 Å². The molecule has 0 aliphatic heterocycles. The van der Waals surface area contributed by atoms with Gasteiger partial charge in [-0.1, -0.05) is 85.9 Å². The number of rotatable bonds is 23. The molecule has 0 aliphatic carbocycles. The fourth-order valence-electron chi connectivity index (χ4n) is 3.83. The van der Waals surface area contributed by atoms with Crippen LogP contribution in [0.2, 0.25) is 0 Å². The summed E-state index contributed by atoms with van der Waals surface area (Å²) in [6.45, 7) is 2.63. The SMILES string of the molecule is CCC=CCC=CCC=CCC=CCC=CCCCC(=O)NCCCCC(NC(=O)CC=Cc1cccnc1)C(=O)O. The molecule has 0 saturated carbocycles. The van der Waals surface area contributed by atoms with Crippen LogP contribution in [0.5, 0.6) is 0 Å². The third-order valence-corrected chi connectivity index (χ3v) is 6.11. The minimum Gasteiger partial charge on any atom is -0.480 e. The summed E-state index contributed by atoms with van der Waals surface area (Å²) in [5, 5.41) is 14.9. The number of hydrogen-bond donors (Lipinski definition) is 3. The minimum absolute atomic E-state index is 0.00541. The first-order valence-electron chi connectivity index (χ1n) is 15.1. The first-order chi connectivity index (χ1) is 20.5. The molecule has 7 heteroatoms. The van der Waals surface area contributed by atoms with Crippen molar-refractivity contribution in [3.8, 4) is 0 Å². The maximum atomic E-state index is 12.1. The zero-order valence-corrected chi connectivity index (χ0v) is 25.1. The minimum atomic E-state index is -1.06. The maximum Gasteiger partial charge on any atom is 0.326 e. The Kier molecular flexibility index (Phi) is 22.2. The first-order valence-corrected chi connectivity index (χ1v) is 15.1. The van der Waals surface area contributed by atoms with Crippen molar-refractivity contribution >= 4 is 23.9 Å². The summed E-state index contributed by atoms with van der Waals surface area (Å²) in [5.74, 6) is -1.40. The van der Waals surface area contributed by atoms with Crippen LogP contribution in [0.1, 0.15) is 89.5 Å². The van der Waals surface area contributed by atoms with Gasteiger partial charge in [0.1, 0.15) is 6.04 Å². The number of nitrogens with zero attached hydrogens (tertiary/aromatic N) is 1. The van der Waals surface area contributed by atoms with E-state index in [1.807, 2.05) is 6.07 Å². The predicted octanol–water partition coefficient (Wildman–Crippen LogP) is 7.26.